The van der Waals surface area contributed by atoms with Gasteiger partial charge in [0.15, 0.2) is 0 Å². The van der Waals surface area contributed by atoms with E-state index in [0.717, 1.165) is 35.9 Å². The Bertz CT molecular complexity index is 794. The minimum absolute atomic E-state index is 0.0517. The molecule has 4 rings (SSSR count). The third-order valence-electron chi connectivity index (χ3n) is 5.83. The number of amides is 1. The van der Waals surface area contributed by atoms with Crippen LogP contribution in [0.4, 0.5) is 5.69 Å². The van der Waals surface area contributed by atoms with Gasteiger partial charge in [-0.2, -0.15) is 5.10 Å². The fourth-order valence-corrected chi connectivity index (χ4v) is 4.39. The van der Waals surface area contributed by atoms with Crippen molar-refractivity contribution in [3.05, 3.63) is 41.7 Å². The lowest BCUT2D eigenvalue weighted by Gasteiger charge is -2.23. The van der Waals surface area contributed by atoms with Crippen LogP contribution in [0.1, 0.15) is 30.7 Å². The summed E-state index contributed by atoms with van der Waals surface area (Å²) < 4.78 is 1.89. The van der Waals surface area contributed by atoms with Crippen molar-refractivity contribution >= 4 is 11.6 Å². The summed E-state index contributed by atoms with van der Waals surface area (Å²) in [6.07, 6.45) is 3.82. The zero-order chi connectivity index (χ0) is 18.8. The van der Waals surface area contributed by atoms with Crippen LogP contribution in [0.3, 0.4) is 0 Å². The molecule has 2 aromatic rings. The van der Waals surface area contributed by atoms with Gasteiger partial charge in [0.25, 0.3) is 0 Å². The molecule has 2 aliphatic heterocycles. The largest absolute Gasteiger partial charge is 0.322 e. The van der Waals surface area contributed by atoms with E-state index in [1.807, 2.05) is 48.9 Å². The van der Waals surface area contributed by atoms with Gasteiger partial charge in [-0.1, -0.05) is 18.2 Å². The molecule has 1 amide bonds. The van der Waals surface area contributed by atoms with Crippen molar-refractivity contribution in [3.63, 3.8) is 0 Å². The zero-order valence-corrected chi connectivity index (χ0v) is 16.3. The highest BCUT2D eigenvalue weighted by Crippen LogP contribution is 2.23. The number of rotatable bonds is 5. The molecule has 1 N–H and O–H groups in total. The van der Waals surface area contributed by atoms with Crippen LogP contribution in [0.15, 0.2) is 30.3 Å². The van der Waals surface area contributed by atoms with Gasteiger partial charge in [-0.05, 0) is 58.3 Å². The minimum Gasteiger partial charge on any atom is -0.322 e. The van der Waals surface area contributed by atoms with Crippen LogP contribution in [0.2, 0.25) is 0 Å². The Morgan fingerprint density at radius 1 is 1.15 bits per heavy atom. The Labute approximate surface area is 161 Å². The average molecular weight is 367 g/mol. The monoisotopic (exact) mass is 367 g/mol. The van der Waals surface area contributed by atoms with E-state index < -0.39 is 0 Å². The van der Waals surface area contributed by atoms with Crippen LogP contribution >= 0.6 is 0 Å². The van der Waals surface area contributed by atoms with Crippen LogP contribution in [-0.4, -0.2) is 64.3 Å². The molecule has 2 fully saturated rings. The van der Waals surface area contributed by atoms with Crippen LogP contribution in [-0.2, 0) is 4.79 Å². The quantitative estimate of drug-likeness (QED) is 0.883. The molecule has 2 saturated heterocycles. The van der Waals surface area contributed by atoms with Gasteiger partial charge in [-0.15, -0.1) is 0 Å². The van der Waals surface area contributed by atoms with E-state index in [1.165, 1.54) is 32.4 Å². The van der Waals surface area contributed by atoms with Gasteiger partial charge in [0.1, 0.15) is 0 Å². The van der Waals surface area contributed by atoms with Gasteiger partial charge in [0.05, 0.1) is 29.3 Å². The van der Waals surface area contributed by atoms with Gasteiger partial charge in [0.2, 0.25) is 5.91 Å². The first-order valence-corrected chi connectivity index (χ1v) is 10.00. The third-order valence-corrected chi connectivity index (χ3v) is 5.83. The Morgan fingerprint density at radius 3 is 2.63 bits per heavy atom. The Hall–Kier alpha value is -2.18. The maximum absolute atomic E-state index is 12.6. The molecule has 1 atom stereocenters. The molecule has 1 aromatic heterocycles. The van der Waals surface area contributed by atoms with Crippen LogP contribution in [0.25, 0.3) is 5.69 Å². The number of aryl methyl sites for hydroxylation is 1. The van der Waals surface area contributed by atoms with Gasteiger partial charge in [0, 0.05) is 19.1 Å². The highest BCUT2D eigenvalue weighted by molar-refractivity contribution is 5.93. The molecule has 6 heteroatoms. The lowest BCUT2D eigenvalue weighted by molar-refractivity contribution is -0.117. The summed E-state index contributed by atoms with van der Waals surface area (Å²) in [6.45, 7) is 8.87. The molecule has 1 unspecified atom stereocenters. The minimum atomic E-state index is 0.0517. The topological polar surface area (TPSA) is 53.4 Å². The molecule has 2 aliphatic rings. The summed E-state index contributed by atoms with van der Waals surface area (Å²) in [5, 5.41) is 7.71. The van der Waals surface area contributed by atoms with E-state index in [9.17, 15) is 4.79 Å². The highest BCUT2D eigenvalue weighted by Gasteiger charge is 2.30. The summed E-state index contributed by atoms with van der Waals surface area (Å²) in [5.41, 5.74) is 3.65. The fraction of sp³-hybridized carbons (Fsp3) is 0.524. The van der Waals surface area contributed by atoms with Crippen LogP contribution < -0.4 is 5.32 Å². The number of hydrogen-bond acceptors (Lipinski definition) is 4. The summed E-state index contributed by atoms with van der Waals surface area (Å²) >= 11 is 0. The lowest BCUT2D eigenvalue weighted by Crippen LogP contribution is -2.37. The van der Waals surface area contributed by atoms with Gasteiger partial charge in [-0.3, -0.25) is 14.6 Å². The number of para-hydroxylation sites is 1. The average Bonchev–Trinajstić information content (AvgIpc) is 3.40. The van der Waals surface area contributed by atoms with Crippen molar-refractivity contribution in [2.45, 2.75) is 39.2 Å². The number of hydrogen-bond donors (Lipinski definition) is 1. The Balaban J connectivity index is 1.38. The molecule has 1 aromatic carbocycles. The molecule has 6 nitrogen and oxygen atoms in total. The fourth-order valence-electron chi connectivity index (χ4n) is 4.39. The maximum Gasteiger partial charge on any atom is 0.238 e. The van der Waals surface area contributed by atoms with Crippen LogP contribution in [0.5, 0.6) is 0 Å². The van der Waals surface area contributed by atoms with Gasteiger partial charge in [-0.25, -0.2) is 4.68 Å². The predicted molar refractivity (Wildman–Crippen MR) is 107 cm³/mol. The van der Waals surface area contributed by atoms with E-state index >= 15 is 0 Å². The number of carbonyl (C=O) groups excluding carboxylic acids is 1. The first-order chi connectivity index (χ1) is 13.1. The molecule has 0 radical (unpaired) electrons. The van der Waals surface area contributed by atoms with E-state index in [1.54, 1.807) is 0 Å². The van der Waals surface area contributed by atoms with Crippen molar-refractivity contribution in [2.75, 3.05) is 38.0 Å². The SMILES string of the molecule is Cc1nn(-c2ccccc2)c(C)c1NC(=O)CN1CCC(N2CCCC2)C1. The molecular formula is C21H29N5O. The highest BCUT2D eigenvalue weighted by atomic mass is 16.2. The molecule has 27 heavy (non-hydrogen) atoms. The van der Waals surface area contributed by atoms with E-state index in [4.69, 9.17) is 0 Å². The van der Waals surface area contributed by atoms with Crippen molar-refractivity contribution in [1.82, 2.24) is 19.6 Å². The first-order valence-electron chi connectivity index (χ1n) is 10.00. The Kier molecular flexibility index (Phi) is 5.27. The molecule has 0 spiro atoms. The predicted octanol–water partition coefficient (Wildman–Crippen LogP) is 2.60. The second kappa shape index (κ2) is 7.82. The van der Waals surface area contributed by atoms with Gasteiger partial charge >= 0.3 is 0 Å². The molecule has 0 aliphatic carbocycles. The smallest absolute Gasteiger partial charge is 0.238 e. The molecule has 3 heterocycles. The molecular weight excluding hydrogens is 338 g/mol. The van der Waals surface area contributed by atoms with Gasteiger partial charge < -0.3 is 5.32 Å². The van der Waals surface area contributed by atoms with Crippen LogP contribution in [0, 0.1) is 13.8 Å². The summed E-state index contributed by atoms with van der Waals surface area (Å²) in [5.74, 6) is 0.0517. The molecule has 144 valence electrons. The van der Waals surface area contributed by atoms with Crippen molar-refractivity contribution in [3.8, 4) is 5.69 Å². The third kappa shape index (κ3) is 3.92. The number of carbonyl (C=O) groups is 1. The second-order valence-electron chi connectivity index (χ2n) is 7.76. The summed E-state index contributed by atoms with van der Waals surface area (Å²) in [6, 6.07) is 10.7. The first kappa shape index (κ1) is 18.2. The molecule has 0 bridgehead atoms. The number of anilines is 1. The molecule has 0 saturated carbocycles. The number of likely N-dealkylation sites (tertiary alicyclic amines) is 2. The van der Waals surface area contributed by atoms with E-state index in [2.05, 4.69) is 20.2 Å². The number of benzene rings is 1. The Morgan fingerprint density at radius 2 is 1.89 bits per heavy atom. The number of nitrogens with zero attached hydrogens (tertiary/aromatic N) is 4. The second-order valence-corrected chi connectivity index (χ2v) is 7.76. The normalized spacial score (nSPS) is 21.0. The zero-order valence-electron chi connectivity index (χ0n) is 16.3. The summed E-state index contributed by atoms with van der Waals surface area (Å²) in [4.78, 5) is 17.5. The van der Waals surface area contributed by atoms with Crippen molar-refractivity contribution < 1.29 is 4.79 Å². The number of aromatic nitrogens is 2. The maximum atomic E-state index is 12.6. The van der Waals surface area contributed by atoms with Crippen molar-refractivity contribution in [2.24, 2.45) is 0 Å². The van der Waals surface area contributed by atoms with E-state index in [0.29, 0.717) is 12.6 Å². The standard InChI is InChI=1S/C21H29N5O/c1-16-21(17(2)26(23-16)18-8-4-3-5-9-18)22-20(27)15-24-13-10-19(14-24)25-11-6-7-12-25/h3-5,8-9,19H,6-7,10-15H2,1-2H3,(H,22,27). The summed E-state index contributed by atoms with van der Waals surface area (Å²) in [7, 11) is 0. The van der Waals surface area contributed by atoms with Crippen molar-refractivity contribution in [1.29, 1.82) is 0 Å². The number of nitrogens with one attached hydrogen (secondary N) is 1. The van der Waals surface area contributed by atoms with E-state index in [-0.39, 0.29) is 5.91 Å². The lowest BCUT2D eigenvalue weighted by atomic mass is 10.2.